The molecule has 1 aromatic rings. The predicted octanol–water partition coefficient (Wildman–Crippen LogP) is 3.15. The Labute approximate surface area is 129 Å². The van der Waals surface area contributed by atoms with Gasteiger partial charge in [0.15, 0.2) is 9.84 Å². The van der Waals surface area contributed by atoms with Crippen LogP contribution in [-0.4, -0.2) is 20.7 Å². The Morgan fingerprint density at radius 3 is 2.48 bits per heavy atom. The average Bonchev–Trinajstić information content (AvgIpc) is 2.58. The second-order valence-electron chi connectivity index (χ2n) is 7.43. The molecule has 4 heteroatoms. The van der Waals surface area contributed by atoms with Crippen LogP contribution >= 0.6 is 0 Å². The van der Waals surface area contributed by atoms with E-state index in [1.165, 1.54) is 19.1 Å². The van der Waals surface area contributed by atoms with Crippen LogP contribution < -0.4 is 5.32 Å². The van der Waals surface area contributed by atoms with Crippen LogP contribution in [0.2, 0.25) is 0 Å². The molecule has 0 aromatic heterocycles. The minimum Gasteiger partial charge on any atom is -0.310 e. The molecule has 0 radical (unpaired) electrons. The number of nitrogens with one attached hydrogen (secondary N) is 1. The minimum absolute atomic E-state index is 0.119. The van der Waals surface area contributed by atoms with Gasteiger partial charge in [0.25, 0.3) is 0 Å². The normalized spacial score (nSPS) is 25.1. The molecule has 0 amide bonds. The molecule has 0 heterocycles. The minimum atomic E-state index is -2.97. The van der Waals surface area contributed by atoms with E-state index in [1.54, 1.807) is 0 Å². The molecule has 21 heavy (non-hydrogen) atoms. The lowest BCUT2D eigenvalue weighted by Crippen LogP contribution is -2.31. The van der Waals surface area contributed by atoms with Gasteiger partial charge in [-0.3, -0.25) is 0 Å². The van der Waals surface area contributed by atoms with Crippen LogP contribution in [0.4, 0.5) is 0 Å². The molecular formula is C17H27NO2S. The first-order chi connectivity index (χ1) is 9.65. The lowest BCUT2D eigenvalue weighted by Gasteiger charge is -2.19. The van der Waals surface area contributed by atoms with Crippen LogP contribution in [0.25, 0.3) is 0 Å². The van der Waals surface area contributed by atoms with Gasteiger partial charge in [0.1, 0.15) is 0 Å². The third-order valence-corrected chi connectivity index (χ3v) is 5.18. The van der Waals surface area contributed by atoms with E-state index in [0.29, 0.717) is 17.4 Å². The van der Waals surface area contributed by atoms with Crippen molar-refractivity contribution in [3.05, 3.63) is 35.4 Å². The van der Waals surface area contributed by atoms with Gasteiger partial charge in [-0.25, -0.2) is 8.42 Å². The number of sulfone groups is 1. The van der Waals surface area contributed by atoms with E-state index in [2.05, 4.69) is 32.2 Å². The van der Waals surface area contributed by atoms with Crippen LogP contribution in [0, 0.1) is 11.3 Å². The molecule has 0 unspecified atom stereocenters. The van der Waals surface area contributed by atoms with Crippen molar-refractivity contribution in [1.29, 1.82) is 0 Å². The molecule has 2 atom stereocenters. The summed E-state index contributed by atoms with van der Waals surface area (Å²) in [6.07, 6.45) is 3.75. The van der Waals surface area contributed by atoms with Gasteiger partial charge in [0.2, 0.25) is 0 Å². The van der Waals surface area contributed by atoms with Gasteiger partial charge in [0, 0.05) is 18.8 Å². The lowest BCUT2D eigenvalue weighted by molar-refractivity contribution is 0.362. The summed E-state index contributed by atoms with van der Waals surface area (Å²) in [6.45, 7) is 7.78. The first-order valence-electron chi connectivity index (χ1n) is 7.64. The van der Waals surface area contributed by atoms with Crippen LogP contribution in [-0.2, 0) is 22.1 Å². The van der Waals surface area contributed by atoms with Gasteiger partial charge in [-0.15, -0.1) is 0 Å². The maximum absolute atomic E-state index is 11.4. The first-order valence-corrected chi connectivity index (χ1v) is 9.70. The van der Waals surface area contributed by atoms with Crippen LogP contribution in [0.15, 0.2) is 24.3 Å². The fourth-order valence-electron chi connectivity index (χ4n) is 3.55. The van der Waals surface area contributed by atoms with Crippen molar-refractivity contribution in [1.82, 2.24) is 5.32 Å². The Bertz CT molecular complexity index is 593. The van der Waals surface area contributed by atoms with Crippen LogP contribution in [0.5, 0.6) is 0 Å². The summed E-state index contributed by atoms with van der Waals surface area (Å²) in [5, 5.41) is 3.64. The van der Waals surface area contributed by atoms with Gasteiger partial charge in [-0.05, 0) is 35.3 Å². The SMILES string of the molecule is C[C@@H]1CC(C)(C)C[C@H]1NCc1cccc(CS(C)(=O)=O)c1. The molecular weight excluding hydrogens is 282 g/mol. The molecule has 1 aromatic carbocycles. The molecule has 0 bridgehead atoms. The fourth-order valence-corrected chi connectivity index (χ4v) is 4.33. The molecule has 3 nitrogen and oxygen atoms in total. The topological polar surface area (TPSA) is 46.2 Å². The summed E-state index contributed by atoms with van der Waals surface area (Å²) in [5.41, 5.74) is 2.46. The maximum atomic E-state index is 11.4. The highest BCUT2D eigenvalue weighted by Gasteiger charge is 2.36. The first kappa shape index (κ1) is 16.5. The van der Waals surface area contributed by atoms with Crippen molar-refractivity contribution in [3.8, 4) is 0 Å². The Balaban J connectivity index is 1.96. The third kappa shape index (κ3) is 5.11. The summed E-state index contributed by atoms with van der Waals surface area (Å²) in [7, 11) is -2.97. The molecule has 118 valence electrons. The number of hydrogen-bond acceptors (Lipinski definition) is 3. The van der Waals surface area contributed by atoms with E-state index < -0.39 is 9.84 Å². The highest BCUT2D eigenvalue weighted by Crippen LogP contribution is 2.40. The monoisotopic (exact) mass is 309 g/mol. The van der Waals surface area contributed by atoms with Crippen molar-refractivity contribution in [2.45, 2.75) is 52.0 Å². The summed E-state index contributed by atoms with van der Waals surface area (Å²) < 4.78 is 22.8. The quantitative estimate of drug-likeness (QED) is 0.909. The summed E-state index contributed by atoms with van der Waals surface area (Å²) in [5.74, 6) is 0.812. The Morgan fingerprint density at radius 2 is 1.90 bits per heavy atom. The number of rotatable bonds is 5. The zero-order chi connectivity index (χ0) is 15.7. The van der Waals surface area contributed by atoms with Crippen molar-refractivity contribution >= 4 is 9.84 Å². The fraction of sp³-hybridized carbons (Fsp3) is 0.647. The number of benzene rings is 1. The molecule has 1 saturated carbocycles. The summed E-state index contributed by atoms with van der Waals surface area (Å²) >= 11 is 0. The molecule has 0 saturated heterocycles. The van der Waals surface area contributed by atoms with Gasteiger partial charge in [-0.2, -0.15) is 0 Å². The van der Waals surface area contributed by atoms with Crippen molar-refractivity contribution < 1.29 is 8.42 Å². The second-order valence-corrected chi connectivity index (χ2v) is 9.57. The van der Waals surface area contributed by atoms with Crippen molar-refractivity contribution in [3.63, 3.8) is 0 Å². The molecule has 0 aliphatic heterocycles. The maximum Gasteiger partial charge on any atom is 0.151 e. The molecule has 1 N–H and O–H groups in total. The molecule has 1 aliphatic rings. The molecule has 1 aliphatic carbocycles. The molecule has 2 rings (SSSR count). The zero-order valence-electron chi connectivity index (χ0n) is 13.5. The highest BCUT2D eigenvalue weighted by molar-refractivity contribution is 7.89. The van der Waals surface area contributed by atoms with Gasteiger partial charge in [-0.1, -0.05) is 45.0 Å². The van der Waals surface area contributed by atoms with Gasteiger partial charge < -0.3 is 5.32 Å². The smallest absolute Gasteiger partial charge is 0.151 e. The molecule has 1 fully saturated rings. The average molecular weight is 309 g/mol. The molecule has 0 spiro atoms. The van der Waals surface area contributed by atoms with E-state index in [0.717, 1.165) is 17.7 Å². The van der Waals surface area contributed by atoms with Crippen molar-refractivity contribution in [2.75, 3.05) is 6.26 Å². The van der Waals surface area contributed by atoms with E-state index in [-0.39, 0.29) is 5.75 Å². The second kappa shape index (κ2) is 6.09. The van der Waals surface area contributed by atoms with Crippen molar-refractivity contribution in [2.24, 2.45) is 11.3 Å². The number of hydrogen-bond donors (Lipinski definition) is 1. The predicted molar refractivity (Wildman–Crippen MR) is 87.8 cm³/mol. The largest absolute Gasteiger partial charge is 0.310 e. The van der Waals surface area contributed by atoms with E-state index in [4.69, 9.17) is 0 Å². The Hall–Kier alpha value is -0.870. The Morgan fingerprint density at radius 1 is 1.24 bits per heavy atom. The highest BCUT2D eigenvalue weighted by atomic mass is 32.2. The van der Waals surface area contributed by atoms with E-state index >= 15 is 0 Å². The van der Waals surface area contributed by atoms with Crippen LogP contribution in [0.3, 0.4) is 0 Å². The van der Waals surface area contributed by atoms with Gasteiger partial charge >= 0.3 is 0 Å². The Kier molecular flexibility index (Phi) is 4.79. The standard InChI is InChI=1S/C17H27NO2S/c1-13-9-17(2,3)10-16(13)18-11-14-6-5-7-15(8-14)12-21(4,19)20/h5-8,13,16,18H,9-12H2,1-4H3/t13-,16-/m1/s1. The van der Waals surface area contributed by atoms with E-state index in [9.17, 15) is 8.42 Å². The van der Waals surface area contributed by atoms with Gasteiger partial charge in [0.05, 0.1) is 5.75 Å². The lowest BCUT2D eigenvalue weighted by atomic mass is 9.91. The summed E-state index contributed by atoms with van der Waals surface area (Å²) in [6, 6.07) is 8.44. The zero-order valence-corrected chi connectivity index (χ0v) is 14.3. The summed E-state index contributed by atoms with van der Waals surface area (Å²) in [4.78, 5) is 0. The third-order valence-electron chi connectivity index (χ3n) is 4.32. The van der Waals surface area contributed by atoms with Crippen LogP contribution in [0.1, 0.15) is 44.7 Å². The van der Waals surface area contributed by atoms with E-state index in [1.807, 2.05) is 18.2 Å².